The van der Waals surface area contributed by atoms with Crippen LogP contribution in [0, 0.1) is 5.82 Å². The van der Waals surface area contributed by atoms with Crippen molar-refractivity contribution in [3.8, 4) is 11.5 Å². The van der Waals surface area contributed by atoms with Crippen molar-refractivity contribution in [2.75, 3.05) is 26.2 Å². The van der Waals surface area contributed by atoms with E-state index in [0.29, 0.717) is 31.2 Å². The highest BCUT2D eigenvalue weighted by molar-refractivity contribution is 5.79. The summed E-state index contributed by atoms with van der Waals surface area (Å²) in [5.74, 6) is 1.71. The number of ether oxygens (including phenoxy) is 2. The summed E-state index contributed by atoms with van der Waals surface area (Å²) < 4.78 is 24.6. The number of benzene rings is 2. The zero-order valence-electron chi connectivity index (χ0n) is 15.2. The van der Waals surface area contributed by atoms with E-state index in [9.17, 15) is 9.50 Å². The van der Waals surface area contributed by atoms with Crippen LogP contribution in [0.25, 0.3) is 0 Å². The van der Waals surface area contributed by atoms with Crippen LogP contribution in [0.15, 0.2) is 53.5 Å². The van der Waals surface area contributed by atoms with E-state index in [1.807, 2.05) is 31.2 Å². The number of rotatable bonds is 6. The number of hydrogen-bond acceptors (Lipinski definition) is 4. The van der Waals surface area contributed by atoms with Gasteiger partial charge in [-0.3, -0.25) is 4.99 Å². The largest absolute Gasteiger partial charge is 0.486 e. The first-order valence-electron chi connectivity index (χ1n) is 9.00. The van der Waals surface area contributed by atoms with Crippen molar-refractivity contribution in [1.29, 1.82) is 0 Å². The van der Waals surface area contributed by atoms with Crippen LogP contribution < -0.4 is 20.1 Å². The van der Waals surface area contributed by atoms with E-state index < -0.39 is 6.10 Å². The molecular weight excluding hydrogens is 349 g/mol. The molecule has 0 bridgehead atoms. The SMILES string of the molecule is CCNC(=NCC(O)c1ccc(F)cc1)NCC1COc2ccccc2O1. The summed E-state index contributed by atoms with van der Waals surface area (Å²) in [6.45, 7) is 3.76. The van der Waals surface area contributed by atoms with Gasteiger partial charge in [0.15, 0.2) is 17.5 Å². The Morgan fingerprint density at radius 3 is 2.67 bits per heavy atom. The zero-order chi connectivity index (χ0) is 19.1. The second-order valence-corrected chi connectivity index (χ2v) is 6.17. The summed E-state index contributed by atoms with van der Waals surface area (Å²) in [7, 11) is 0. The molecule has 2 aromatic carbocycles. The van der Waals surface area contributed by atoms with Crippen molar-refractivity contribution >= 4 is 5.96 Å². The molecule has 3 rings (SSSR count). The van der Waals surface area contributed by atoms with Crippen LogP contribution in [-0.4, -0.2) is 43.4 Å². The van der Waals surface area contributed by atoms with E-state index in [0.717, 1.165) is 11.5 Å². The smallest absolute Gasteiger partial charge is 0.191 e. The molecule has 0 fully saturated rings. The minimum Gasteiger partial charge on any atom is -0.486 e. The Morgan fingerprint density at radius 1 is 1.19 bits per heavy atom. The molecule has 2 atom stereocenters. The lowest BCUT2D eigenvalue weighted by atomic mass is 10.1. The molecule has 2 aromatic rings. The van der Waals surface area contributed by atoms with E-state index in [2.05, 4.69) is 15.6 Å². The van der Waals surface area contributed by atoms with Crippen LogP contribution >= 0.6 is 0 Å². The summed E-state index contributed by atoms with van der Waals surface area (Å²) in [6, 6.07) is 13.3. The van der Waals surface area contributed by atoms with E-state index in [4.69, 9.17) is 9.47 Å². The summed E-state index contributed by atoms with van der Waals surface area (Å²) >= 11 is 0. The predicted molar refractivity (Wildman–Crippen MR) is 102 cm³/mol. The molecular formula is C20H24FN3O3. The monoisotopic (exact) mass is 373 g/mol. The second kappa shape index (κ2) is 9.23. The minimum atomic E-state index is -0.804. The van der Waals surface area contributed by atoms with Crippen LogP contribution in [0.4, 0.5) is 4.39 Å². The number of nitrogens with zero attached hydrogens (tertiary/aromatic N) is 1. The Labute approximate surface area is 158 Å². The maximum atomic E-state index is 13.0. The van der Waals surface area contributed by atoms with Gasteiger partial charge in [-0.05, 0) is 36.8 Å². The molecule has 0 saturated heterocycles. The van der Waals surface area contributed by atoms with Gasteiger partial charge >= 0.3 is 0 Å². The summed E-state index contributed by atoms with van der Waals surface area (Å²) in [6.07, 6.45) is -0.951. The molecule has 7 heteroatoms. The molecule has 0 radical (unpaired) electrons. The highest BCUT2D eigenvalue weighted by Crippen LogP contribution is 2.30. The third-order valence-corrected chi connectivity index (χ3v) is 4.09. The maximum absolute atomic E-state index is 13.0. The predicted octanol–water partition coefficient (Wildman–Crippen LogP) is 2.25. The lowest BCUT2D eigenvalue weighted by Crippen LogP contribution is -2.45. The number of aliphatic hydroxyl groups excluding tert-OH is 1. The van der Waals surface area contributed by atoms with Crippen LogP contribution in [0.5, 0.6) is 11.5 Å². The zero-order valence-corrected chi connectivity index (χ0v) is 15.2. The summed E-state index contributed by atoms with van der Waals surface area (Å²) in [5.41, 5.74) is 0.622. The van der Waals surface area contributed by atoms with Crippen LogP contribution in [-0.2, 0) is 0 Å². The van der Waals surface area contributed by atoms with Crippen molar-refractivity contribution < 1.29 is 19.0 Å². The fourth-order valence-electron chi connectivity index (χ4n) is 2.68. The quantitative estimate of drug-likeness (QED) is 0.535. The fraction of sp³-hybridized carbons (Fsp3) is 0.350. The first-order chi connectivity index (χ1) is 13.2. The molecule has 3 N–H and O–H groups in total. The normalized spacial score (nSPS) is 17.3. The molecule has 144 valence electrons. The van der Waals surface area contributed by atoms with E-state index in [-0.39, 0.29) is 18.5 Å². The van der Waals surface area contributed by atoms with Gasteiger partial charge in [-0.15, -0.1) is 0 Å². The topological polar surface area (TPSA) is 75.1 Å². The molecule has 0 amide bonds. The first-order valence-corrected chi connectivity index (χ1v) is 9.00. The van der Waals surface area contributed by atoms with Gasteiger partial charge in [-0.1, -0.05) is 24.3 Å². The van der Waals surface area contributed by atoms with Crippen LogP contribution in [0.3, 0.4) is 0 Å². The average Bonchev–Trinajstić information content (AvgIpc) is 2.70. The lowest BCUT2D eigenvalue weighted by molar-refractivity contribution is 0.0936. The third-order valence-electron chi connectivity index (χ3n) is 4.09. The molecule has 27 heavy (non-hydrogen) atoms. The van der Waals surface area contributed by atoms with Gasteiger partial charge in [0.1, 0.15) is 18.5 Å². The van der Waals surface area contributed by atoms with Gasteiger partial charge in [0.2, 0.25) is 0 Å². The van der Waals surface area contributed by atoms with Crippen molar-refractivity contribution in [3.63, 3.8) is 0 Å². The van der Waals surface area contributed by atoms with Gasteiger partial charge in [0.05, 0.1) is 19.2 Å². The number of fused-ring (bicyclic) bond motifs is 1. The summed E-state index contributed by atoms with van der Waals surface area (Å²) in [4.78, 5) is 4.40. The molecule has 1 aliphatic rings. The summed E-state index contributed by atoms with van der Waals surface area (Å²) in [5, 5.41) is 16.6. The number of aliphatic imine (C=N–C) groups is 1. The maximum Gasteiger partial charge on any atom is 0.191 e. The third kappa shape index (κ3) is 5.34. The van der Waals surface area contributed by atoms with Gasteiger partial charge in [-0.25, -0.2) is 4.39 Å². The number of halogens is 1. The Hall–Kier alpha value is -2.80. The lowest BCUT2D eigenvalue weighted by Gasteiger charge is -2.27. The Bertz CT molecular complexity index is 767. The molecule has 1 aliphatic heterocycles. The molecule has 0 aliphatic carbocycles. The second-order valence-electron chi connectivity index (χ2n) is 6.17. The van der Waals surface area contributed by atoms with Gasteiger partial charge in [0, 0.05) is 6.54 Å². The average molecular weight is 373 g/mol. The fourth-order valence-corrected chi connectivity index (χ4v) is 2.68. The number of nitrogens with one attached hydrogen (secondary N) is 2. The number of hydrogen-bond donors (Lipinski definition) is 3. The minimum absolute atomic E-state index is 0.147. The van der Waals surface area contributed by atoms with E-state index in [1.54, 1.807) is 12.1 Å². The molecule has 2 unspecified atom stereocenters. The number of para-hydroxylation sites is 2. The molecule has 0 aromatic heterocycles. The highest BCUT2D eigenvalue weighted by atomic mass is 19.1. The Balaban J connectivity index is 1.54. The van der Waals surface area contributed by atoms with Crippen LogP contribution in [0.1, 0.15) is 18.6 Å². The first kappa shape index (κ1) is 19.0. The van der Waals surface area contributed by atoms with Crippen molar-refractivity contribution in [2.24, 2.45) is 4.99 Å². The van der Waals surface area contributed by atoms with Crippen molar-refractivity contribution in [3.05, 3.63) is 59.9 Å². The molecule has 1 heterocycles. The van der Waals surface area contributed by atoms with Gasteiger partial charge in [0.25, 0.3) is 0 Å². The van der Waals surface area contributed by atoms with Gasteiger partial charge < -0.3 is 25.2 Å². The molecule has 0 spiro atoms. The standard InChI is InChI=1S/C20H24FN3O3/c1-2-22-20(24-12-17(25)14-7-9-15(21)10-8-14)23-11-16-13-26-18-5-3-4-6-19(18)27-16/h3-10,16-17,25H,2,11-13H2,1H3,(H2,22,23,24). The number of guanidine groups is 1. The number of aliphatic hydroxyl groups is 1. The Morgan fingerprint density at radius 2 is 1.93 bits per heavy atom. The van der Waals surface area contributed by atoms with Gasteiger partial charge in [-0.2, -0.15) is 0 Å². The Kier molecular flexibility index (Phi) is 6.49. The van der Waals surface area contributed by atoms with Crippen LogP contribution in [0.2, 0.25) is 0 Å². The van der Waals surface area contributed by atoms with Crippen molar-refractivity contribution in [2.45, 2.75) is 19.1 Å². The van der Waals surface area contributed by atoms with E-state index >= 15 is 0 Å². The molecule has 0 saturated carbocycles. The molecule has 6 nitrogen and oxygen atoms in total. The van der Waals surface area contributed by atoms with Crippen molar-refractivity contribution in [1.82, 2.24) is 10.6 Å². The highest BCUT2D eigenvalue weighted by Gasteiger charge is 2.20. The van der Waals surface area contributed by atoms with E-state index in [1.165, 1.54) is 12.1 Å².